The second-order valence-electron chi connectivity index (χ2n) is 5.50. The van der Waals surface area contributed by atoms with Gasteiger partial charge in [0.25, 0.3) is 5.56 Å². The Bertz CT molecular complexity index is 819. The predicted octanol–water partition coefficient (Wildman–Crippen LogP) is 3.06. The fourth-order valence-electron chi connectivity index (χ4n) is 2.04. The van der Waals surface area contributed by atoms with Gasteiger partial charge in [0.15, 0.2) is 0 Å². The Morgan fingerprint density at radius 1 is 1.19 bits per heavy atom. The minimum Gasteiger partial charge on any atom is -0.492 e. The molecule has 0 aliphatic rings. The Morgan fingerprint density at radius 2 is 1.85 bits per heavy atom. The number of alkyl halides is 3. The lowest BCUT2D eigenvalue weighted by atomic mass is 10.2. The van der Waals surface area contributed by atoms with Crippen LogP contribution in [0.2, 0.25) is 5.02 Å². The van der Waals surface area contributed by atoms with Crippen molar-refractivity contribution in [3.05, 3.63) is 63.5 Å². The van der Waals surface area contributed by atoms with E-state index >= 15 is 0 Å². The molecule has 0 bridgehead atoms. The fraction of sp³-hybridized carbons (Fsp3) is 0.294. The molecule has 1 amide bonds. The van der Waals surface area contributed by atoms with Crippen LogP contribution in [0, 0.1) is 0 Å². The zero-order chi connectivity index (χ0) is 19.3. The summed E-state index contributed by atoms with van der Waals surface area (Å²) < 4.78 is 44.3. The highest BCUT2D eigenvalue weighted by Gasteiger charge is 2.31. The lowest BCUT2D eigenvalue weighted by molar-refractivity contribution is -0.138. The summed E-state index contributed by atoms with van der Waals surface area (Å²) in [4.78, 5) is 25.1. The number of carbonyl (C=O) groups is 1. The molecule has 5 nitrogen and oxygen atoms in total. The van der Waals surface area contributed by atoms with Gasteiger partial charge in [-0.05, 0) is 30.3 Å². The number of amides is 1. The smallest absolute Gasteiger partial charge is 0.417 e. The minimum absolute atomic E-state index is 0.182. The first kappa shape index (κ1) is 19.8. The molecule has 1 heterocycles. The van der Waals surface area contributed by atoms with Crippen molar-refractivity contribution in [1.82, 2.24) is 9.47 Å². The summed E-state index contributed by atoms with van der Waals surface area (Å²) in [5, 5.41) is 0.566. The highest BCUT2D eigenvalue weighted by molar-refractivity contribution is 6.30. The lowest BCUT2D eigenvalue weighted by Gasteiger charge is -2.18. The predicted molar refractivity (Wildman–Crippen MR) is 90.3 cm³/mol. The number of ether oxygens (including phenoxy) is 1. The van der Waals surface area contributed by atoms with E-state index in [4.69, 9.17) is 16.3 Å². The number of halogens is 4. The largest absolute Gasteiger partial charge is 0.492 e. The molecule has 0 aliphatic carbocycles. The van der Waals surface area contributed by atoms with Crippen LogP contribution in [0.5, 0.6) is 5.75 Å². The molecule has 26 heavy (non-hydrogen) atoms. The SMILES string of the molecule is CN(CCOc1ccc(Cl)cc1)C(=O)Cn1cc(C(F)(F)F)ccc1=O. The van der Waals surface area contributed by atoms with Crippen LogP contribution in [-0.4, -0.2) is 35.6 Å². The van der Waals surface area contributed by atoms with Gasteiger partial charge in [0.1, 0.15) is 18.9 Å². The third kappa shape index (κ3) is 5.52. The number of hydrogen-bond acceptors (Lipinski definition) is 3. The first-order valence-corrected chi connectivity index (χ1v) is 7.94. The molecular weight excluding hydrogens is 373 g/mol. The van der Waals surface area contributed by atoms with E-state index in [1.54, 1.807) is 24.3 Å². The van der Waals surface area contributed by atoms with Gasteiger partial charge in [0.05, 0.1) is 12.1 Å². The van der Waals surface area contributed by atoms with Crippen molar-refractivity contribution < 1.29 is 22.7 Å². The Kier molecular flexibility index (Phi) is 6.31. The number of carbonyl (C=O) groups excluding carboxylic acids is 1. The molecule has 9 heteroatoms. The number of pyridine rings is 1. The standard InChI is InChI=1S/C17H16ClF3N2O3/c1-22(8-9-26-14-5-3-13(18)4-6-14)16(25)11-23-10-12(17(19,20)21)2-7-15(23)24/h2-7,10H,8-9,11H2,1H3. The number of aromatic nitrogens is 1. The summed E-state index contributed by atoms with van der Waals surface area (Å²) in [6.45, 7) is -0.100. The van der Waals surface area contributed by atoms with E-state index in [0.29, 0.717) is 23.0 Å². The summed E-state index contributed by atoms with van der Waals surface area (Å²) in [5.41, 5.74) is -1.67. The Labute approximate surface area is 152 Å². The van der Waals surface area contributed by atoms with Crippen LogP contribution in [0.15, 0.2) is 47.4 Å². The summed E-state index contributed by atoms with van der Waals surface area (Å²) in [6.07, 6.45) is -3.95. The average molecular weight is 389 g/mol. The molecule has 0 spiro atoms. The van der Waals surface area contributed by atoms with E-state index in [2.05, 4.69) is 0 Å². The second kappa shape index (κ2) is 8.27. The van der Waals surface area contributed by atoms with Gasteiger partial charge in [0, 0.05) is 24.3 Å². The van der Waals surface area contributed by atoms with Gasteiger partial charge >= 0.3 is 6.18 Å². The maximum absolute atomic E-state index is 12.7. The highest BCUT2D eigenvalue weighted by Crippen LogP contribution is 2.28. The maximum Gasteiger partial charge on any atom is 0.417 e. The molecule has 0 saturated heterocycles. The van der Waals surface area contributed by atoms with Gasteiger partial charge < -0.3 is 14.2 Å². The highest BCUT2D eigenvalue weighted by atomic mass is 35.5. The van der Waals surface area contributed by atoms with Gasteiger partial charge in [-0.2, -0.15) is 13.2 Å². The van der Waals surface area contributed by atoms with Crippen molar-refractivity contribution in [2.75, 3.05) is 20.2 Å². The molecule has 1 aromatic carbocycles. The van der Waals surface area contributed by atoms with Crippen LogP contribution in [0.4, 0.5) is 13.2 Å². The number of likely N-dealkylation sites (N-methyl/N-ethyl adjacent to an activating group) is 1. The number of nitrogens with zero attached hydrogens (tertiary/aromatic N) is 2. The molecule has 2 rings (SSSR count). The summed E-state index contributed by atoms with van der Waals surface area (Å²) in [6, 6.07) is 8.14. The topological polar surface area (TPSA) is 51.5 Å². The average Bonchev–Trinajstić information content (AvgIpc) is 2.57. The summed E-state index contributed by atoms with van der Waals surface area (Å²) >= 11 is 5.76. The number of rotatable bonds is 6. The van der Waals surface area contributed by atoms with Gasteiger partial charge in [-0.1, -0.05) is 11.6 Å². The minimum atomic E-state index is -4.59. The van der Waals surface area contributed by atoms with Gasteiger partial charge in [-0.3, -0.25) is 9.59 Å². The van der Waals surface area contributed by atoms with Crippen LogP contribution in [0.1, 0.15) is 5.56 Å². The third-order valence-corrected chi connectivity index (χ3v) is 3.80. The van der Waals surface area contributed by atoms with E-state index in [1.807, 2.05) is 0 Å². The second-order valence-corrected chi connectivity index (χ2v) is 5.94. The van der Waals surface area contributed by atoms with Crippen LogP contribution < -0.4 is 10.3 Å². The zero-order valence-corrected chi connectivity index (χ0v) is 14.5. The van der Waals surface area contributed by atoms with E-state index in [0.717, 1.165) is 10.6 Å². The summed E-state index contributed by atoms with van der Waals surface area (Å²) in [7, 11) is 1.48. The van der Waals surface area contributed by atoms with Gasteiger partial charge in [0.2, 0.25) is 5.91 Å². The molecule has 0 atom stereocenters. The molecule has 0 N–H and O–H groups in total. The molecule has 0 fully saturated rings. The number of hydrogen-bond donors (Lipinski definition) is 0. The molecule has 0 saturated carbocycles. The fourth-order valence-corrected chi connectivity index (χ4v) is 2.17. The monoisotopic (exact) mass is 388 g/mol. The third-order valence-electron chi connectivity index (χ3n) is 3.55. The first-order valence-electron chi connectivity index (χ1n) is 7.57. The molecule has 0 radical (unpaired) electrons. The van der Waals surface area contributed by atoms with E-state index in [-0.39, 0.29) is 13.2 Å². The first-order chi connectivity index (χ1) is 12.2. The van der Waals surface area contributed by atoms with Crippen LogP contribution in [0.3, 0.4) is 0 Å². The Hall–Kier alpha value is -2.48. The van der Waals surface area contributed by atoms with Crippen molar-refractivity contribution in [2.24, 2.45) is 0 Å². The molecule has 140 valence electrons. The van der Waals surface area contributed by atoms with Crippen molar-refractivity contribution in [2.45, 2.75) is 12.7 Å². The molecule has 0 unspecified atom stereocenters. The normalized spacial score (nSPS) is 11.3. The van der Waals surface area contributed by atoms with Crippen LogP contribution in [-0.2, 0) is 17.5 Å². The Morgan fingerprint density at radius 3 is 2.46 bits per heavy atom. The van der Waals surface area contributed by atoms with Crippen molar-refractivity contribution in [3.8, 4) is 5.75 Å². The van der Waals surface area contributed by atoms with Gasteiger partial charge in [-0.25, -0.2) is 0 Å². The van der Waals surface area contributed by atoms with E-state index in [1.165, 1.54) is 11.9 Å². The lowest BCUT2D eigenvalue weighted by Crippen LogP contribution is -2.36. The van der Waals surface area contributed by atoms with Crippen LogP contribution >= 0.6 is 11.6 Å². The molecule has 0 aliphatic heterocycles. The molecule has 2 aromatic rings. The summed E-state index contributed by atoms with van der Waals surface area (Å²) in [5.74, 6) is 0.0653. The zero-order valence-electron chi connectivity index (χ0n) is 13.8. The van der Waals surface area contributed by atoms with E-state index in [9.17, 15) is 22.8 Å². The van der Waals surface area contributed by atoms with Crippen molar-refractivity contribution in [3.63, 3.8) is 0 Å². The van der Waals surface area contributed by atoms with Crippen molar-refractivity contribution >= 4 is 17.5 Å². The Balaban J connectivity index is 1.92. The molecular formula is C17H16ClF3N2O3. The van der Waals surface area contributed by atoms with Crippen LogP contribution in [0.25, 0.3) is 0 Å². The maximum atomic E-state index is 12.7. The quantitative estimate of drug-likeness (QED) is 0.764. The van der Waals surface area contributed by atoms with Crippen molar-refractivity contribution in [1.29, 1.82) is 0 Å². The van der Waals surface area contributed by atoms with E-state index < -0.39 is 29.8 Å². The van der Waals surface area contributed by atoms with Gasteiger partial charge in [-0.15, -0.1) is 0 Å². The number of benzene rings is 1. The molecule has 1 aromatic heterocycles.